The fraction of sp³-hybridized carbons (Fsp3) is 0.357. The van der Waals surface area contributed by atoms with E-state index in [0.29, 0.717) is 11.5 Å². The number of amides is 1. The van der Waals surface area contributed by atoms with Crippen molar-refractivity contribution in [2.45, 2.75) is 36.4 Å². The summed E-state index contributed by atoms with van der Waals surface area (Å²) in [6.07, 6.45) is -2.96. The van der Waals surface area contributed by atoms with E-state index in [-0.39, 0.29) is 34.4 Å². The number of nitrogens with two attached hydrogens (primary N) is 1. The Morgan fingerprint density at radius 2 is 1.85 bits per heavy atom. The molecule has 1 aliphatic heterocycles. The maximum Gasteiger partial charge on any atom is 0.414 e. The van der Waals surface area contributed by atoms with Crippen LogP contribution in [0.1, 0.15) is 34.5 Å². The first-order valence-electron chi connectivity index (χ1n) is 12.6. The first kappa shape index (κ1) is 28.6. The number of carbonyl (C=O) groups is 1. The molecule has 0 spiro atoms. The standard InChI is InChI=1S/C28H27F4N3O6/c1-38-21-11-16(5-10-20(21)41-18-8-9-18)25(36)34-13-27(37,39-2)22-12-19-24(40-14-26(19,33)28(30,31)32)23(35-22)15-3-6-17(29)7-4-15/h3-7,10-12,18,37H,8-9,13-14,33H2,1-2H3,(H,34,36)/t26-,27+/m0/s1. The van der Waals surface area contributed by atoms with Crippen LogP contribution in [0, 0.1) is 5.82 Å². The van der Waals surface area contributed by atoms with Gasteiger partial charge in [0, 0.05) is 23.8 Å². The third kappa shape index (κ3) is 5.39. The number of fused-ring (bicyclic) bond motifs is 1. The summed E-state index contributed by atoms with van der Waals surface area (Å²) in [4.78, 5) is 17.3. The second-order valence-corrected chi connectivity index (χ2v) is 9.85. The smallest absolute Gasteiger partial charge is 0.414 e. The number of hydrogen-bond acceptors (Lipinski definition) is 8. The maximum atomic E-state index is 14.1. The van der Waals surface area contributed by atoms with Gasteiger partial charge in [0.2, 0.25) is 5.79 Å². The Morgan fingerprint density at radius 1 is 1.15 bits per heavy atom. The number of hydrogen-bond donors (Lipinski definition) is 3. The normalized spacial score (nSPS) is 19.6. The number of nitrogens with one attached hydrogen (secondary N) is 1. The molecule has 2 heterocycles. The molecule has 1 saturated carbocycles. The number of nitrogens with zero attached hydrogens (tertiary/aromatic N) is 1. The van der Waals surface area contributed by atoms with Gasteiger partial charge in [-0.3, -0.25) is 4.79 Å². The molecule has 0 bridgehead atoms. The van der Waals surface area contributed by atoms with Crippen molar-refractivity contribution in [1.82, 2.24) is 10.3 Å². The van der Waals surface area contributed by atoms with Crippen LogP contribution in [0.25, 0.3) is 11.3 Å². The van der Waals surface area contributed by atoms with E-state index in [0.717, 1.165) is 38.2 Å². The second kappa shape index (κ2) is 10.5. The molecule has 5 rings (SSSR count). The molecule has 1 fully saturated rings. The van der Waals surface area contributed by atoms with Crippen molar-refractivity contribution in [1.29, 1.82) is 0 Å². The molecular formula is C28H27F4N3O6. The lowest BCUT2D eigenvalue weighted by Gasteiger charge is -2.29. The molecule has 1 aliphatic carbocycles. The molecule has 13 heteroatoms. The van der Waals surface area contributed by atoms with Crippen LogP contribution < -0.4 is 25.3 Å². The van der Waals surface area contributed by atoms with Crippen LogP contribution in [-0.2, 0) is 16.1 Å². The Labute approximate surface area is 232 Å². The third-order valence-corrected chi connectivity index (χ3v) is 6.99. The van der Waals surface area contributed by atoms with E-state index in [4.69, 9.17) is 24.7 Å². The minimum Gasteiger partial charge on any atom is -0.493 e. The van der Waals surface area contributed by atoms with Gasteiger partial charge in [0.05, 0.1) is 19.8 Å². The monoisotopic (exact) mass is 577 g/mol. The number of benzene rings is 2. The van der Waals surface area contributed by atoms with Crippen molar-refractivity contribution in [3.63, 3.8) is 0 Å². The molecule has 2 atom stereocenters. The van der Waals surface area contributed by atoms with Crippen LogP contribution in [-0.4, -0.2) is 55.6 Å². The van der Waals surface area contributed by atoms with Gasteiger partial charge in [-0.25, -0.2) is 9.37 Å². The molecule has 0 unspecified atom stereocenters. The SMILES string of the molecule is COc1cc(C(=O)NC[C@@](O)(OC)c2cc3c(c(-c4ccc(F)cc4)n2)OC[C@@]3(N)C(F)(F)F)ccc1OC1CC1. The van der Waals surface area contributed by atoms with E-state index in [1.54, 1.807) is 6.07 Å². The lowest BCUT2D eigenvalue weighted by atomic mass is 9.90. The van der Waals surface area contributed by atoms with Crippen molar-refractivity contribution in [3.05, 3.63) is 71.2 Å². The van der Waals surface area contributed by atoms with Crippen LogP contribution >= 0.6 is 0 Å². The van der Waals surface area contributed by atoms with Gasteiger partial charge in [0.25, 0.3) is 5.91 Å². The van der Waals surface area contributed by atoms with Crippen molar-refractivity contribution in [2.75, 3.05) is 27.4 Å². The van der Waals surface area contributed by atoms with E-state index in [1.807, 2.05) is 0 Å². The average Bonchev–Trinajstić information content (AvgIpc) is 3.71. The van der Waals surface area contributed by atoms with Crippen molar-refractivity contribution in [2.24, 2.45) is 5.73 Å². The number of pyridine rings is 1. The van der Waals surface area contributed by atoms with Crippen LogP contribution in [0.3, 0.4) is 0 Å². The number of alkyl halides is 3. The molecule has 9 nitrogen and oxygen atoms in total. The van der Waals surface area contributed by atoms with Gasteiger partial charge in [0.15, 0.2) is 22.8 Å². The van der Waals surface area contributed by atoms with E-state index in [2.05, 4.69) is 10.3 Å². The zero-order chi connectivity index (χ0) is 29.6. The third-order valence-electron chi connectivity index (χ3n) is 6.99. The highest BCUT2D eigenvalue weighted by Crippen LogP contribution is 2.49. The Bertz CT molecular complexity index is 1460. The number of aliphatic hydroxyl groups is 1. The molecule has 0 saturated heterocycles. The minimum atomic E-state index is -4.93. The van der Waals surface area contributed by atoms with E-state index >= 15 is 0 Å². The summed E-state index contributed by atoms with van der Waals surface area (Å²) in [6.45, 7) is -1.54. The van der Waals surface area contributed by atoms with Gasteiger partial charge in [-0.2, -0.15) is 13.2 Å². The number of carbonyl (C=O) groups excluding carboxylic acids is 1. The Kier molecular flexibility index (Phi) is 7.30. The maximum absolute atomic E-state index is 14.1. The summed E-state index contributed by atoms with van der Waals surface area (Å²) >= 11 is 0. The van der Waals surface area contributed by atoms with Gasteiger partial charge in [-0.15, -0.1) is 0 Å². The number of methoxy groups -OCH3 is 2. The molecule has 4 N–H and O–H groups in total. The number of ether oxygens (including phenoxy) is 4. The lowest BCUT2D eigenvalue weighted by molar-refractivity contribution is -0.194. The Hall–Kier alpha value is -3.94. The van der Waals surface area contributed by atoms with Gasteiger partial charge in [0.1, 0.15) is 23.8 Å². The molecule has 2 aliphatic rings. The summed E-state index contributed by atoms with van der Waals surface area (Å²) in [6, 6.07) is 10.3. The van der Waals surface area contributed by atoms with Crippen molar-refractivity contribution < 1.29 is 46.4 Å². The van der Waals surface area contributed by atoms with Gasteiger partial charge in [-0.1, -0.05) is 0 Å². The van der Waals surface area contributed by atoms with E-state index in [1.165, 1.54) is 31.4 Å². The first-order chi connectivity index (χ1) is 19.4. The minimum absolute atomic E-state index is 0.106. The quantitative estimate of drug-likeness (QED) is 0.259. The van der Waals surface area contributed by atoms with Crippen molar-refractivity contribution in [3.8, 4) is 28.5 Å². The molecule has 2 aromatic carbocycles. The summed E-state index contributed by atoms with van der Waals surface area (Å²) in [5.41, 5.74) is 2.25. The zero-order valence-corrected chi connectivity index (χ0v) is 22.0. The summed E-state index contributed by atoms with van der Waals surface area (Å²) in [5.74, 6) is -3.05. The topological polar surface area (TPSA) is 125 Å². The van der Waals surface area contributed by atoms with Gasteiger partial charge in [-0.05, 0) is 61.4 Å². The summed E-state index contributed by atoms with van der Waals surface area (Å²) < 4.78 is 77.5. The lowest BCUT2D eigenvalue weighted by Crippen LogP contribution is -2.52. The highest BCUT2D eigenvalue weighted by molar-refractivity contribution is 5.95. The molecule has 3 aromatic rings. The number of halogens is 4. The summed E-state index contributed by atoms with van der Waals surface area (Å²) in [5, 5.41) is 13.9. The number of aromatic nitrogens is 1. The molecule has 41 heavy (non-hydrogen) atoms. The molecular weight excluding hydrogens is 550 g/mol. The van der Waals surface area contributed by atoms with Crippen molar-refractivity contribution >= 4 is 5.91 Å². The average molecular weight is 578 g/mol. The van der Waals surface area contributed by atoms with Crippen LogP contribution in [0.2, 0.25) is 0 Å². The highest BCUT2D eigenvalue weighted by atomic mass is 19.4. The molecule has 1 aromatic heterocycles. The molecule has 0 radical (unpaired) electrons. The van der Waals surface area contributed by atoms with Crippen LogP contribution in [0.15, 0.2) is 48.5 Å². The predicted molar refractivity (Wildman–Crippen MR) is 137 cm³/mol. The fourth-order valence-electron chi connectivity index (χ4n) is 4.35. The van der Waals surface area contributed by atoms with Gasteiger partial charge >= 0.3 is 6.18 Å². The Morgan fingerprint density at radius 3 is 2.46 bits per heavy atom. The van der Waals surface area contributed by atoms with Crippen LogP contribution in [0.5, 0.6) is 17.2 Å². The van der Waals surface area contributed by atoms with E-state index < -0.39 is 47.9 Å². The zero-order valence-electron chi connectivity index (χ0n) is 22.0. The molecule has 218 valence electrons. The van der Waals surface area contributed by atoms with E-state index in [9.17, 15) is 27.5 Å². The fourth-order valence-corrected chi connectivity index (χ4v) is 4.35. The highest BCUT2D eigenvalue weighted by Gasteiger charge is 2.59. The number of rotatable bonds is 9. The predicted octanol–water partition coefficient (Wildman–Crippen LogP) is 3.77. The molecule has 1 amide bonds. The van der Waals surface area contributed by atoms with Crippen LogP contribution in [0.4, 0.5) is 17.6 Å². The Balaban J connectivity index is 1.48. The summed E-state index contributed by atoms with van der Waals surface area (Å²) in [7, 11) is 2.53. The first-order valence-corrected chi connectivity index (χ1v) is 12.6. The van der Waals surface area contributed by atoms with Gasteiger partial charge < -0.3 is 35.1 Å². The largest absolute Gasteiger partial charge is 0.493 e. The second-order valence-electron chi connectivity index (χ2n) is 9.85.